The van der Waals surface area contributed by atoms with Crippen LogP contribution in [0.25, 0.3) is 10.4 Å². The molecular weight excluding hydrogens is 406 g/mol. The summed E-state index contributed by atoms with van der Waals surface area (Å²) in [6, 6.07) is 12.7. The van der Waals surface area contributed by atoms with Gasteiger partial charge in [-0.1, -0.05) is 47.2 Å². The zero-order valence-corrected chi connectivity index (χ0v) is 16.9. The summed E-state index contributed by atoms with van der Waals surface area (Å²) in [6.07, 6.45) is 1.04. The van der Waals surface area contributed by atoms with Gasteiger partial charge in [0.1, 0.15) is 29.8 Å². The van der Waals surface area contributed by atoms with Crippen LogP contribution in [0.5, 0.6) is 0 Å². The quantitative estimate of drug-likeness (QED) is 0.407. The van der Waals surface area contributed by atoms with Crippen molar-refractivity contribution in [3.63, 3.8) is 0 Å². The summed E-state index contributed by atoms with van der Waals surface area (Å²) in [7, 11) is 1.54. The van der Waals surface area contributed by atoms with E-state index >= 15 is 0 Å². The molecule has 2 aliphatic heterocycles. The third-order valence-electron chi connectivity index (χ3n) is 4.93. The van der Waals surface area contributed by atoms with Crippen molar-refractivity contribution in [2.75, 3.05) is 13.7 Å². The molecule has 3 heterocycles. The van der Waals surface area contributed by atoms with Crippen molar-refractivity contribution >= 4 is 11.8 Å². The Bertz CT molecular complexity index is 965. The van der Waals surface area contributed by atoms with Crippen LogP contribution < -0.4 is 0 Å². The van der Waals surface area contributed by atoms with E-state index in [2.05, 4.69) is 21.1 Å². The number of benzene rings is 1. The molecule has 0 N–H and O–H groups in total. The molecule has 2 fully saturated rings. The molecule has 3 unspecified atom stereocenters. The number of rotatable bonds is 5. The first-order valence-electron chi connectivity index (χ1n) is 9.29. The Kier molecular flexibility index (Phi) is 6.50. The summed E-state index contributed by atoms with van der Waals surface area (Å²) >= 11 is 1.35. The number of azide groups is 1. The van der Waals surface area contributed by atoms with E-state index in [0.717, 1.165) is 10.5 Å². The molecule has 1 aromatic heterocycles. The molecule has 6 atom stereocenters. The maximum absolute atomic E-state index is 9.17. The van der Waals surface area contributed by atoms with Gasteiger partial charge in [-0.3, -0.25) is 4.98 Å². The van der Waals surface area contributed by atoms with E-state index < -0.39 is 36.1 Å². The highest BCUT2D eigenvalue weighted by Crippen LogP contribution is 2.40. The van der Waals surface area contributed by atoms with E-state index in [1.165, 1.54) is 18.0 Å². The molecule has 9 nitrogen and oxygen atoms in total. The smallest absolute Gasteiger partial charge is 0.184 e. The van der Waals surface area contributed by atoms with Crippen LogP contribution in [0.3, 0.4) is 0 Å². The van der Waals surface area contributed by atoms with Crippen LogP contribution in [-0.4, -0.2) is 48.5 Å². The van der Waals surface area contributed by atoms with E-state index in [-0.39, 0.29) is 6.61 Å². The number of methoxy groups -OCH3 is 1. The molecule has 2 saturated heterocycles. The standard InChI is InChI=1S/C20H19N5O4S/c1-26-18-16(24-25-22)17-15(11-27-19(29-17)13-5-3-2-4-6-13)28-20(18)30-14-7-12(8-21)9-23-10-14/h2-7,9-10,15-20H,11H2,1H3/t15?,16-,17-,18?,19?,20+/m0/s1. The molecule has 30 heavy (non-hydrogen) atoms. The van der Waals surface area contributed by atoms with Crippen molar-refractivity contribution in [2.45, 2.75) is 41.0 Å². The highest BCUT2D eigenvalue weighted by atomic mass is 32.2. The summed E-state index contributed by atoms with van der Waals surface area (Å²) in [6.45, 7) is 0.283. The van der Waals surface area contributed by atoms with E-state index in [1.807, 2.05) is 30.3 Å². The number of aromatic nitrogens is 1. The predicted octanol–water partition coefficient (Wildman–Crippen LogP) is 3.58. The van der Waals surface area contributed by atoms with Gasteiger partial charge in [0, 0.05) is 34.9 Å². The Morgan fingerprint density at radius 3 is 2.87 bits per heavy atom. The Morgan fingerprint density at radius 1 is 1.30 bits per heavy atom. The van der Waals surface area contributed by atoms with Crippen molar-refractivity contribution in [3.05, 3.63) is 70.4 Å². The third-order valence-corrected chi connectivity index (χ3v) is 6.04. The van der Waals surface area contributed by atoms with Crippen molar-refractivity contribution < 1.29 is 18.9 Å². The second kappa shape index (κ2) is 9.45. The zero-order valence-electron chi connectivity index (χ0n) is 16.1. The lowest BCUT2D eigenvalue weighted by atomic mass is 9.96. The van der Waals surface area contributed by atoms with Gasteiger partial charge >= 0.3 is 0 Å². The van der Waals surface area contributed by atoms with E-state index in [9.17, 15) is 5.53 Å². The SMILES string of the molecule is COC1[C@@H](Sc2cncc(C#N)c2)OC2COC(c3ccccc3)O[C@@H]2[C@@H]1N=[N+]=[N-]. The normalized spacial score (nSPS) is 30.5. The zero-order chi connectivity index (χ0) is 20.9. The van der Waals surface area contributed by atoms with Gasteiger partial charge in [0.15, 0.2) is 6.29 Å². The topological polar surface area (TPSA) is 122 Å². The van der Waals surface area contributed by atoms with Crippen LogP contribution in [0.15, 0.2) is 58.8 Å². The molecule has 0 amide bonds. The van der Waals surface area contributed by atoms with E-state index in [4.69, 9.17) is 24.2 Å². The van der Waals surface area contributed by atoms with Gasteiger partial charge in [-0.2, -0.15) is 5.26 Å². The van der Waals surface area contributed by atoms with Crippen molar-refractivity contribution in [1.82, 2.24) is 4.98 Å². The van der Waals surface area contributed by atoms with Crippen molar-refractivity contribution in [1.29, 1.82) is 5.26 Å². The number of thioether (sulfide) groups is 1. The first-order valence-corrected chi connectivity index (χ1v) is 10.2. The minimum atomic E-state index is -0.613. The molecule has 10 heteroatoms. The van der Waals surface area contributed by atoms with Gasteiger partial charge < -0.3 is 18.9 Å². The van der Waals surface area contributed by atoms with Gasteiger partial charge in [0.05, 0.1) is 18.2 Å². The Labute approximate surface area is 177 Å². The van der Waals surface area contributed by atoms with E-state index in [0.29, 0.717) is 5.56 Å². The number of hydrogen-bond donors (Lipinski definition) is 0. The largest absolute Gasteiger partial charge is 0.377 e. The van der Waals surface area contributed by atoms with Crippen LogP contribution in [0.1, 0.15) is 17.4 Å². The molecule has 0 aliphatic carbocycles. The second-order valence-electron chi connectivity index (χ2n) is 6.75. The van der Waals surface area contributed by atoms with Crippen LogP contribution in [0.4, 0.5) is 0 Å². The van der Waals surface area contributed by atoms with E-state index in [1.54, 1.807) is 19.4 Å². The average molecular weight is 425 g/mol. The summed E-state index contributed by atoms with van der Waals surface area (Å²) < 4.78 is 23.9. The lowest BCUT2D eigenvalue weighted by molar-refractivity contribution is -0.298. The average Bonchev–Trinajstić information content (AvgIpc) is 2.80. The predicted molar refractivity (Wildman–Crippen MR) is 107 cm³/mol. The molecule has 2 aromatic rings. The van der Waals surface area contributed by atoms with Gasteiger partial charge in [-0.05, 0) is 11.6 Å². The molecule has 0 saturated carbocycles. The monoisotopic (exact) mass is 425 g/mol. The maximum Gasteiger partial charge on any atom is 0.184 e. The fourth-order valence-corrected chi connectivity index (χ4v) is 4.75. The van der Waals surface area contributed by atoms with Crippen LogP contribution in [-0.2, 0) is 18.9 Å². The minimum Gasteiger partial charge on any atom is -0.377 e. The maximum atomic E-state index is 9.17. The summed E-state index contributed by atoms with van der Waals surface area (Å²) in [5.74, 6) is 0. The first-order chi connectivity index (χ1) is 14.7. The van der Waals surface area contributed by atoms with Crippen LogP contribution in [0, 0.1) is 11.3 Å². The fraction of sp³-hybridized carbons (Fsp3) is 0.400. The lowest BCUT2D eigenvalue weighted by Gasteiger charge is -2.47. The molecule has 0 radical (unpaired) electrons. The van der Waals surface area contributed by atoms with Crippen LogP contribution >= 0.6 is 11.8 Å². The number of nitriles is 1. The summed E-state index contributed by atoms with van der Waals surface area (Å²) in [5.41, 5.74) is 10.00. The Balaban J connectivity index is 1.57. The summed E-state index contributed by atoms with van der Waals surface area (Å²) in [5, 5.41) is 13.1. The molecule has 0 spiro atoms. The van der Waals surface area contributed by atoms with Crippen molar-refractivity contribution in [3.8, 4) is 6.07 Å². The van der Waals surface area contributed by atoms with Crippen molar-refractivity contribution in [2.24, 2.45) is 5.11 Å². The summed E-state index contributed by atoms with van der Waals surface area (Å²) in [4.78, 5) is 7.85. The minimum absolute atomic E-state index is 0.283. The molecule has 2 aliphatic rings. The highest BCUT2D eigenvalue weighted by molar-refractivity contribution is 7.99. The Hall–Kier alpha value is -2.64. The van der Waals surface area contributed by atoms with Gasteiger partial charge in [0.25, 0.3) is 0 Å². The van der Waals surface area contributed by atoms with Gasteiger partial charge in [-0.15, -0.1) is 0 Å². The third kappa shape index (κ3) is 4.27. The molecule has 4 rings (SSSR count). The highest BCUT2D eigenvalue weighted by Gasteiger charge is 2.50. The van der Waals surface area contributed by atoms with Gasteiger partial charge in [0.2, 0.25) is 0 Å². The first kappa shape index (κ1) is 20.6. The number of pyridine rings is 1. The number of hydrogen-bond acceptors (Lipinski definition) is 8. The molecule has 154 valence electrons. The fourth-order valence-electron chi connectivity index (χ4n) is 3.56. The lowest BCUT2D eigenvalue weighted by Crippen LogP contribution is -2.60. The Morgan fingerprint density at radius 2 is 2.13 bits per heavy atom. The van der Waals surface area contributed by atoms with Gasteiger partial charge in [-0.25, -0.2) is 0 Å². The number of nitrogens with zero attached hydrogens (tertiary/aromatic N) is 5. The number of fused-ring (bicyclic) bond motifs is 1. The van der Waals surface area contributed by atoms with Crippen LogP contribution in [0.2, 0.25) is 0 Å². The molecule has 0 bridgehead atoms. The second-order valence-corrected chi connectivity index (χ2v) is 7.93. The molecule has 1 aromatic carbocycles. The molecular formula is C20H19N5O4S. The number of ether oxygens (including phenoxy) is 4.